The highest BCUT2D eigenvalue weighted by Gasteiger charge is 2.48. The number of amides is 4. The summed E-state index contributed by atoms with van der Waals surface area (Å²) in [4.78, 5) is 88.3. The van der Waals surface area contributed by atoms with Gasteiger partial charge in [-0.15, -0.1) is 0 Å². The molecule has 2 fully saturated rings. The fourth-order valence-corrected chi connectivity index (χ4v) is 8.25. The molecule has 3 N–H and O–H groups in total. The molecule has 18 nitrogen and oxygen atoms in total. The van der Waals surface area contributed by atoms with Crippen LogP contribution in [0.5, 0.6) is 11.5 Å². The van der Waals surface area contributed by atoms with E-state index in [1.807, 2.05) is 93.6 Å². The lowest BCUT2D eigenvalue weighted by atomic mass is 9.85. The van der Waals surface area contributed by atoms with E-state index in [4.69, 9.17) is 23.7 Å². The molecule has 73 heavy (non-hydrogen) atoms. The van der Waals surface area contributed by atoms with Gasteiger partial charge in [-0.25, -0.2) is 19.2 Å². The molecule has 0 aliphatic carbocycles. The zero-order valence-corrected chi connectivity index (χ0v) is 44.3. The van der Waals surface area contributed by atoms with Crippen molar-refractivity contribution in [3.05, 3.63) is 97.6 Å². The summed E-state index contributed by atoms with van der Waals surface area (Å²) in [5.41, 5.74) is 0.921. The minimum Gasteiger partial charge on any atom is -0.487 e. The highest BCUT2D eigenvalue weighted by atomic mass is 16.6. The summed E-state index contributed by atoms with van der Waals surface area (Å²) in [6.07, 6.45) is 4.54. The average molecular weight is 1010 g/mol. The monoisotopic (exact) mass is 1010 g/mol. The molecule has 4 aromatic rings. The van der Waals surface area contributed by atoms with Gasteiger partial charge in [0.05, 0.1) is 32.6 Å². The lowest BCUT2D eigenvalue weighted by Crippen LogP contribution is -2.57. The Morgan fingerprint density at radius 1 is 0.562 bits per heavy atom. The minimum atomic E-state index is -1.13. The molecule has 4 amide bonds. The number of benzene rings is 2. The number of likely N-dealkylation sites (tertiary alicyclic amines) is 2. The molecule has 6 atom stereocenters. The summed E-state index contributed by atoms with van der Waals surface area (Å²) in [6.45, 7) is 21.6. The van der Waals surface area contributed by atoms with Crippen molar-refractivity contribution in [3.63, 3.8) is 0 Å². The third-order valence-electron chi connectivity index (χ3n) is 11.6. The number of carbonyl (C=O) groups excluding carboxylic acids is 5. The number of nitrogens with one attached hydrogen (secondary N) is 2. The maximum Gasteiger partial charge on any atom is 0.408 e. The number of alkyl carbamates (subject to hydrolysis) is 2. The van der Waals surface area contributed by atoms with Crippen LogP contribution in [0, 0.1) is 10.8 Å². The summed E-state index contributed by atoms with van der Waals surface area (Å²) in [5.74, 6) is -1.56. The van der Waals surface area contributed by atoms with Crippen LogP contribution < -0.4 is 20.1 Å². The number of nitrogens with zero attached hydrogens (tertiary/aromatic N) is 4. The Bertz CT molecular complexity index is 2550. The lowest BCUT2D eigenvalue weighted by molar-refractivity contribution is -0.152. The van der Waals surface area contributed by atoms with Crippen LogP contribution >= 0.6 is 0 Å². The maximum atomic E-state index is 13.7. The van der Waals surface area contributed by atoms with Crippen LogP contribution in [-0.2, 0) is 33.4 Å². The zero-order chi connectivity index (χ0) is 54.1. The first-order chi connectivity index (χ1) is 34.0. The third kappa shape index (κ3) is 16.4. The predicted octanol–water partition coefficient (Wildman–Crippen LogP) is 8.33. The summed E-state index contributed by atoms with van der Waals surface area (Å²) >= 11 is 0. The topological polar surface area (TPSA) is 225 Å². The maximum absolute atomic E-state index is 13.7. The number of carboxylic acid groups (broad SMARTS) is 1. The second-order valence-corrected chi connectivity index (χ2v) is 22.3. The highest BCUT2D eigenvalue weighted by molar-refractivity contribution is 5.92. The zero-order valence-electron chi connectivity index (χ0n) is 44.3. The minimum absolute atomic E-state index is 0.0634. The van der Waals surface area contributed by atoms with Gasteiger partial charge in [-0.05, 0) is 75.6 Å². The molecule has 2 aromatic carbocycles. The van der Waals surface area contributed by atoms with Gasteiger partial charge in [-0.1, -0.05) is 102 Å². The number of aliphatic carboxylic acids is 1. The summed E-state index contributed by atoms with van der Waals surface area (Å²) < 4.78 is 28.0. The highest BCUT2D eigenvalue weighted by Crippen LogP contribution is 2.32. The van der Waals surface area contributed by atoms with Gasteiger partial charge < -0.3 is 49.2 Å². The van der Waals surface area contributed by atoms with Crippen LogP contribution in [0.1, 0.15) is 95.9 Å². The Morgan fingerprint density at radius 2 is 0.932 bits per heavy atom. The van der Waals surface area contributed by atoms with Crippen molar-refractivity contribution in [2.45, 2.75) is 144 Å². The molecule has 2 aromatic heterocycles. The Balaban J connectivity index is 0.000000271. The molecular formula is C55H72N6O12. The Kier molecular flexibility index (Phi) is 18.3. The van der Waals surface area contributed by atoms with E-state index in [1.54, 1.807) is 87.1 Å². The lowest BCUT2D eigenvalue weighted by Gasteiger charge is -2.35. The molecule has 2 saturated heterocycles. The number of esters is 1. The second-order valence-electron chi connectivity index (χ2n) is 22.3. The molecule has 0 radical (unpaired) electrons. The smallest absolute Gasteiger partial charge is 0.408 e. The largest absolute Gasteiger partial charge is 0.487 e. The van der Waals surface area contributed by atoms with Crippen molar-refractivity contribution in [1.29, 1.82) is 0 Å². The Labute approximate surface area is 428 Å². The van der Waals surface area contributed by atoms with E-state index in [0.717, 1.165) is 22.3 Å². The van der Waals surface area contributed by atoms with Gasteiger partial charge in [0.15, 0.2) is 0 Å². The van der Waals surface area contributed by atoms with Gasteiger partial charge in [0.2, 0.25) is 11.8 Å². The molecule has 2 aliphatic heterocycles. The van der Waals surface area contributed by atoms with Crippen molar-refractivity contribution >= 4 is 35.9 Å². The number of ether oxygens (including phenoxy) is 5. The molecular weight excluding hydrogens is 937 g/mol. The summed E-state index contributed by atoms with van der Waals surface area (Å²) in [5, 5.41) is 15.2. The number of carboxylic acids is 1. The number of methoxy groups -OCH3 is 1. The van der Waals surface area contributed by atoms with Crippen molar-refractivity contribution < 1.29 is 57.6 Å². The predicted molar refractivity (Wildman–Crippen MR) is 273 cm³/mol. The summed E-state index contributed by atoms with van der Waals surface area (Å²) in [6, 6.07) is 19.4. The molecule has 6 rings (SSSR count). The van der Waals surface area contributed by atoms with E-state index in [0.29, 0.717) is 11.5 Å². The van der Waals surface area contributed by atoms with Gasteiger partial charge in [0.1, 0.15) is 59.1 Å². The number of aromatic nitrogens is 2. The van der Waals surface area contributed by atoms with Crippen molar-refractivity contribution in [2.24, 2.45) is 10.8 Å². The van der Waals surface area contributed by atoms with Crippen molar-refractivity contribution in [1.82, 2.24) is 30.4 Å². The number of pyridine rings is 2. The molecule has 0 saturated carbocycles. The molecule has 0 bridgehead atoms. The fraction of sp³-hybridized carbons (Fsp3) is 0.491. The van der Waals surface area contributed by atoms with Crippen molar-refractivity contribution in [2.75, 3.05) is 20.2 Å². The van der Waals surface area contributed by atoms with Crippen LogP contribution in [0.2, 0.25) is 0 Å². The van der Waals surface area contributed by atoms with Gasteiger partial charge in [0, 0.05) is 36.4 Å². The van der Waals surface area contributed by atoms with E-state index in [9.17, 15) is 33.9 Å². The number of rotatable bonds is 12. The van der Waals surface area contributed by atoms with Gasteiger partial charge in [0.25, 0.3) is 0 Å². The fourth-order valence-electron chi connectivity index (χ4n) is 8.25. The van der Waals surface area contributed by atoms with Crippen molar-refractivity contribution in [3.8, 4) is 33.8 Å². The molecule has 0 unspecified atom stereocenters. The Hall–Kier alpha value is -7.24. The van der Waals surface area contributed by atoms with Gasteiger partial charge in [-0.2, -0.15) is 0 Å². The SMILES string of the molecule is CC(C)(C)OC(=O)N[C@H](C(=O)N1C[C@H](Oc2cncc(-c3ccccc3)c2)C[C@H]1C(=O)O)C(C)(C)C.COC(=O)[C@@H]1C[C@@H](Oc2cncc(-c3ccccc3)c2)CN1C(=O)[C@@H](NC(=O)OC(C)(C)C)C(C)(C)C. The van der Waals surface area contributed by atoms with E-state index < -0.39 is 94.3 Å². The quantitative estimate of drug-likeness (QED) is 0.0897. The van der Waals surface area contributed by atoms with Crippen LogP contribution in [-0.4, -0.2) is 129 Å². The van der Waals surface area contributed by atoms with Crippen LogP contribution in [0.3, 0.4) is 0 Å². The normalized spacial score (nSPS) is 18.8. The molecule has 0 spiro atoms. The van der Waals surface area contributed by atoms with E-state index in [1.165, 1.54) is 16.9 Å². The van der Waals surface area contributed by atoms with Gasteiger partial charge >= 0.3 is 24.1 Å². The number of hydrogen-bond acceptors (Lipinski definition) is 13. The van der Waals surface area contributed by atoms with E-state index >= 15 is 0 Å². The second kappa shape index (κ2) is 23.5. The number of hydrogen-bond donors (Lipinski definition) is 3. The van der Waals surface area contributed by atoms with E-state index in [-0.39, 0.29) is 25.9 Å². The first-order valence-electron chi connectivity index (χ1n) is 24.3. The first kappa shape index (κ1) is 56.7. The van der Waals surface area contributed by atoms with Crippen LogP contribution in [0.4, 0.5) is 9.59 Å². The number of carbonyl (C=O) groups is 6. The standard InChI is InChI=1S/C28H37N3O6.C27H35N3O6/c1-27(2,3)23(30-26(34)37-28(4,5)6)24(32)31-17-21(14-22(31)25(33)35-7)36-20-13-19(15-29-16-20)18-11-9-8-10-12-18;1-26(2,3)22(29-25(34)36-27(4,5)6)23(31)30-16-20(13-21(30)24(32)33)35-19-12-18(14-28-15-19)17-10-8-7-9-11-17/h8-13,15-16,21-23H,14,17H2,1-7H3,(H,30,34);7-12,14-15,20-22H,13,16H2,1-6H3,(H,29,34)(H,32,33)/t21-,22+,23-;20-,21+,22-/m11/s1. The molecule has 394 valence electrons. The molecule has 2 aliphatic rings. The molecule has 4 heterocycles. The molecule has 18 heteroatoms. The first-order valence-corrected chi connectivity index (χ1v) is 24.3. The van der Waals surface area contributed by atoms with Crippen LogP contribution in [0.15, 0.2) is 97.6 Å². The van der Waals surface area contributed by atoms with Crippen LogP contribution in [0.25, 0.3) is 22.3 Å². The average Bonchev–Trinajstić information content (AvgIpc) is 3.93. The Morgan fingerprint density at radius 3 is 1.27 bits per heavy atom. The summed E-state index contributed by atoms with van der Waals surface area (Å²) in [7, 11) is 1.28. The van der Waals surface area contributed by atoms with E-state index in [2.05, 4.69) is 20.6 Å². The third-order valence-corrected chi connectivity index (χ3v) is 11.6. The van der Waals surface area contributed by atoms with Gasteiger partial charge in [-0.3, -0.25) is 19.6 Å².